The van der Waals surface area contributed by atoms with Crippen molar-refractivity contribution in [1.29, 1.82) is 0 Å². The molecular formula is C23H37IN6O. The number of guanidine groups is 1. The monoisotopic (exact) mass is 540 g/mol. The first-order valence-electron chi connectivity index (χ1n) is 10.9. The SMILES string of the molecule is CCNC(=NCC(C)(O)c1cnn(C)c1)NCC(c1ccc(C)cc1)N1CCCC1.I. The summed E-state index contributed by atoms with van der Waals surface area (Å²) in [5, 5.41) is 21.8. The molecule has 3 N–H and O–H groups in total. The highest BCUT2D eigenvalue weighted by molar-refractivity contribution is 14.0. The summed E-state index contributed by atoms with van der Waals surface area (Å²) >= 11 is 0. The summed E-state index contributed by atoms with van der Waals surface area (Å²) in [7, 11) is 1.85. The average molecular weight is 540 g/mol. The second-order valence-electron chi connectivity index (χ2n) is 8.42. The van der Waals surface area contributed by atoms with Gasteiger partial charge in [0.15, 0.2) is 5.96 Å². The quantitative estimate of drug-likeness (QED) is 0.273. The number of aromatic nitrogens is 2. The van der Waals surface area contributed by atoms with Gasteiger partial charge in [0.2, 0.25) is 0 Å². The molecule has 0 radical (unpaired) electrons. The molecule has 0 saturated carbocycles. The molecule has 0 amide bonds. The summed E-state index contributed by atoms with van der Waals surface area (Å²) in [6.45, 7) is 9.99. The minimum atomic E-state index is -1.07. The average Bonchev–Trinajstić information content (AvgIpc) is 3.40. The van der Waals surface area contributed by atoms with Crippen molar-refractivity contribution in [3.05, 3.63) is 53.3 Å². The standard InChI is InChI=1S/C23H36N6O.HI/c1-5-24-22(26-17-23(3,30)20-14-27-28(4)16-20)25-15-21(29-12-6-7-13-29)19-10-8-18(2)9-11-19;/h8-11,14,16,21,30H,5-7,12-13,15,17H2,1-4H3,(H2,24,25,26);1H. The number of halogens is 1. The lowest BCUT2D eigenvalue weighted by Gasteiger charge is -2.29. The van der Waals surface area contributed by atoms with Crippen molar-refractivity contribution in [2.24, 2.45) is 12.0 Å². The van der Waals surface area contributed by atoms with Crippen LogP contribution in [0.2, 0.25) is 0 Å². The number of hydrogen-bond donors (Lipinski definition) is 3. The molecule has 2 heterocycles. The fourth-order valence-electron chi connectivity index (χ4n) is 3.86. The van der Waals surface area contributed by atoms with E-state index >= 15 is 0 Å². The fraction of sp³-hybridized carbons (Fsp3) is 0.565. The molecule has 0 bridgehead atoms. The van der Waals surface area contributed by atoms with E-state index in [1.54, 1.807) is 17.8 Å². The summed E-state index contributed by atoms with van der Waals surface area (Å²) in [6.07, 6.45) is 6.03. The smallest absolute Gasteiger partial charge is 0.191 e. The number of rotatable bonds is 8. The Bertz CT molecular complexity index is 827. The minimum absolute atomic E-state index is 0. The molecule has 1 fully saturated rings. The van der Waals surface area contributed by atoms with Crippen LogP contribution >= 0.6 is 24.0 Å². The second kappa shape index (κ2) is 11.8. The van der Waals surface area contributed by atoms with Gasteiger partial charge in [-0.25, -0.2) is 4.99 Å². The minimum Gasteiger partial charge on any atom is -0.383 e. The van der Waals surface area contributed by atoms with Crippen LogP contribution in [0, 0.1) is 6.92 Å². The molecule has 7 nitrogen and oxygen atoms in total. The molecule has 0 aliphatic carbocycles. The molecule has 2 atom stereocenters. The summed E-state index contributed by atoms with van der Waals surface area (Å²) in [6, 6.07) is 9.14. The molecule has 0 spiro atoms. The van der Waals surface area contributed by atoms with E-state index in [9.17, 15) is 5.11 Å². The Balaban J connectivity index is 0.00000341. The molecule has 31 heavy (non-hydrogen) atoms. The first kappa shape index (κ1) is 25.6. The van der Waals surface area contributed by atoms with Gasteiger partial charge in [0.1, 0.15) is 5.60 Å². The Hall–Kier alpha value is -1.65. The molecule has 1 saturated heterocycles. The van der Waals surface area contributed by atoms with Gasteiger partial charge in [-0.15, -0.1) is 24.0 Å². The van der Waals surface area contributed by atoms with Crippen molar-refractivity contribution in [1.82, 2.24) is 25.3 Å². The molecule has 1 aliphatic rings. The second-order valence-corrected chi connectivity index (χ2v) is 8.42. The molecule has 1 aromatic carbocycles. The maximum atomic E-state index is 10.8. The van der Waals surface area contributed by atoms with Gasteiger partial charge in [-0.1, -0.05) is 29.8 Å². The zero-order valence-electron chi connectivity index (χ0n) is 19.1. The van der Waals surface area contributed by atoms with Crippen molar-refractivity contribution in [3.63, 3.8) is 0 Å². The van der Waals surface area contributed by atoms with Crippen molar-refractivity contribution in [2.45, 2.75) is 45.3 Å². The largest absolute Gasteiger partial charge is 0.383 e. The number of aryl methyl sites for hydroxylation is 2. The highest BCUT2D eigenvalue weighted by Crippen LogP contribution is 2.25. The maximum absolute atomic E-state index is 10.8. The van der Waals surface area contributed by atoms with E-state index in [1.165, 1.54) is 24.0 Å². The van der Waals surface area contributed by atoms with Crippen LogP contribution in [-0.2, 0) is 12.6 Å². The summed E-state index contributed by atoms with van der Waals surface area (Å²) < 4.78 is 1.69. The maximum Gasteiger partial charge on any atom is 0.191 e. The lowest BCUT2D eigenvalue weighted by molar-refractivity contribution is 0.0671. The predicted molar refractivity (Wildman–Crippen MR) is 137 cm³/mol. The first-order chi connectivity index (χ1) is 14.4. The number of hydrogen-bond acceptors (Lipinski definition) is 4. The third kappa shape index (κ3) is 7.18. The highest BCUT2D eigenvalue weighted by Gasteiger charge is 2.26. The molecular weight excluding hydrogens is 503 g/mol. The van der Waals surface area contributed by atoms with Gasteiger partial charge in [0.05, 0.1) is 18.8 Å². The van der Waals surface area contributed by atoms with Gasteiger partial charge in [0, 0.05) is 31.9 Å². The van der Waals surface area contributed by atoms with Gasteiger partial charge in [-0.05, 0) is 52.3 Å². The van der Waals surface area contributed by atoms with Gasteiger partial charge < -0.3 is 15.7 Å². The van der Waals surface area contributed by atoms with Crippen LogP contribution in [0.25, 0.3) is 0 Å². The Labute approximate surface area is 203 Å². The number of nitrogens with one attached hydrogen (secondary N) is 2. The van der Waals surface area contributed by atoms with Crippen molar-refractivity contribution < 1.29 is 5.11 Å². The Morgan fingerprint density at radius 3 is 2.48 bits per heavy atom. The number of aliphatic imine (C=N–C) groups is 1. The van der Waals surface area contributed by atoms with E-state index in [0.717, 1.165) is 37.7 Å². The van der Waals surface area contributed by atoms with Gasteiger partial charge in [0.25, 0.3) is 0 Å². The fourth-order valence-corrected chi connectivity index (χ4v) is 3.86. The zero-order valence-corrected chi connectivity index (χ0v) is 21.5. The van der Waals surface area contributed by atoms with Gasteiger partial charge in [-0.3, -0.25) is 9.58 Å². The number of aliphatic hydroxyl groups is 1. The van der Waals surface area contributed by atoms with Crippen LogP contribution in [0.3, 0.4) is 0 Å². The molecule has 172 valence electrons. The van der Waals surface area contributed by atoms with E-state index < -0.39 is 5.60 Å². The van der Waals surface area contributed by atoms with Crippen LogP contribution in [0.5, 0.6) is 0 Å². The van der Waals surface area contributed by atoms with E-state index in [-0.39, 0.29) is 30.5 Å². The van der Waals surface area contributed by atoms with Crippen LogP contribution in [0.4, 0.5) is 0 Å². The van der Waals surface area contributed by atoms with E-state index in [0.29, 0.717) is 6.04 Å². The Kier molecular flexibility index (Phi) is 9.77. The normalized spacial score (nSPS) is 17.6. The molecule has 2 aromatic rings. The van der Waals surface area contributed by atoms with Crippen LogP contribution < -0.4 is 10.6 Å². The molecule has 2 unspecified atom stereocenters. The predicted octanol–water partition coefficient (Wildman–Crippen LogP) is 2.95. The topological polar surface area (TPSA) is 77.7 Å². The molecule has 1 aliphatic heterocycles. The number of likely N-dealkylation sites (tertiary alicyclic amines) is 1. The van der Waals surface area contributed by atoms with Gasteiger partial charge in [-0.2, -0.15) is 5.10 Å². The number of benzene rings is 1. The summed E-state index contributed by atoms with van der Waals surface area (Å²) in [5.41, 5.74) is 2.30. The summed E-state index contributed by atoms with van der Waals surface area (Å²) in [5.74, 6) is 0.720. The van der Waals surface area contributed by atoms with E-state index in [2.05, 4.69) is 56.8 Å². The molecule has 3 rings (SSSR count). The van der Waals surface area contributed by atoms with Crippen molar-refractivity contribution in [2.75, 3.05) is 32.7 Å². The van der Waals surface area contributed by atoms with Gasteiger partial charge >= 0.3 is 0 Å². The lowest BCUT2D eigenvalue weighted by Crippen LogP contribution is -2.43. The highest BCUT2D eigenvalue weighted by atomic mass is 127. The van der Waals surface area contributed by atoms with Crippen molar-refractivity contribution in [3.8, 4) is 0 Å². The van der Waals surface area contributed by atoms with Crippen LogP contribution in [0.1, 0.15) is 49.4 Å². The Morgan fingerprint density at radius 2 is 1.90 bits per heavy atom. The summed E-state index contributed by atoms with van der Waals surface area (Å²) in [4.78, 5) is 7.21. The molecule has 1 aromatic heterocycles. The van der Waals surface area contributed by atoms with Crippen LogP contribution in [0.15, 0.2) is 41.7 Å². The third-order valence-electron chi connectivity index (χ3n) is 5.72. The zero-order chi connectivity index (χ0) is 21.6. The van der Waals surface area contributed by atoms with Crippen LogP contribution in [-0.4, -0.2) is 58.5 Å². The first-order valence-corrected chi connectivity index (χ1v) is 10.9. The van der Waals surface area contributed by atoms with Crippen molar-refractivity contribution >= 4 is 29.9 Å². The third-order valence-corrected chi connectivity index (χ3v) is 5.72. The molecule has 8 heteroatoms. The number of nitrogens with zero attached hydrogens (tertiary/aromatic N) is 4. The Morgan fingerprint density at radius 1 is 1.23 bits per heavy atom. The van der Waals surface area contributed by atoms with E-state index in [1.807, 2.05) is 20.2 Å². The van der Waals surface area contributed by atoms with E-state index in [4.69, 9.17) is 0 Å². The lowest BCUT2D eigenvalue weighted by atomic mass is 10.0.